The highest BCUT2D eigenvalue weighted by Gasteiger charge is 2.10. The number of amides is 1. The van der Waals surface area contributed by atoms with Crippen molar-refractivity contribution in [2.24, 2.45) is 0 Å². The van der Waals surface area contributed by atoms with Gasteiger partial charge in [0.1, 0.15) is 17.3 Å². The lowest BCUT2D eigenvalue weighted by Gasteiger charge is -2.11. The first-order valence-electron chi connectivity index (χ1n) is 7.16. The average molecular weight is 300 g/mol. The van der Waals surface area contributed by atoms with E-state index in [9.17, 15) is 4.79 Å². The van der Waals surface area contributed by atoms with Crippen LogP contribution in [0.3, 0.4) is 0 Å². The highest BCUT2D eigenvalue weighted by Crippen LogP contribution is 2.19. The molecule has 1 aromatic carbocycles. The van der Waals surface area contributed by atoms with Gasteiger partial charge in [-0.2, -0.15) is 0 Å². The molecule has 6 nitrogen and oxygen atoms in total. The molecule has 0 aliphatic heterocycles. The predicted octanol–water partition coefficient (Wildman–Crippen LogP) is 2.76. The fraction of sp³-hybridized carbons (Fsp3) is 0.312. The molecule has 116 valence electrons. The molecule has 0 saturated heterocycles. The Kier molecular flexibility index (Phi) is 5.30. The second-order valence-corrected chi connectivity index (χ2v) is 4.93. The summed E-state index contributed by atoms with van der Waals surface area (Å²) in [6.07, 6.45) is 3.86. The average Bonchev–Trinajstić information content (AvgIpc) is 2.55. The van der Waals surface area contributed by atoms with E-state index in [-0.39, 0.29) is 11.9 Å². The summed E-state index contributed by atoms with van der Waals surface area (Å²) in [5.74, 6) is 1.10. The van der Waals surface area contributed by atoms with Crippen LogP contribution in [0.1, 0.15) is 30.8 Å². The fourth-order valence-corrected chi connectivity index (χ4v) is 1.76. The maximum atomic E-state index is 11.9. The molecule has 1 unspecified atom stereocenters. The van der Waals surface area contributed by atoms with Crippen molar-refractivity contribution in [3.05, 3.63) is 42.4 Å². The van der Waals surface area contributed by atoms with Gasteiger partial charge in [-0.3, -0.25) is 4.79 Å². The minimum atomic E-state index is -0.213. The minimum Gasteiger partial charge on any atom is -0.497 e. The molecule has 22 heavy (non-hydrogen) atoms. The zero-order valence-corrected chi connectivity index (χ0v) is 13.0. The second-order valence-electron chi connectivity index (χ2n) is 4.93. The van der Waals surface area contributed by atoms with Crippen molar-refractivity contribution in [1.29, 1.82) is 0 Å². The van der Waals surface area contributed by atoms with Gasteiger partial charge in [-0.15, -0.1) is 0 Å². The highest BCUT2D eigenvalue weighted by atomic mass is 16.5. The SMILES string of the molecule is CCC(C)NC(=O)c1cnc(Nc2cccc(OC)c2)cn1. The van der Waals surface area contributed by atoms with E-state index in [1.807, 2.05) is 38.1 Å². The zero-order valence-electron chi connectivity index (χ0n) is 13.0. The van der Waals surface area contributed by atoms with Gasteiger partial charge in [0.25, 0.3) is 5.91 Å². The van der Waals surface area contributed by atoms with Crippen molar-refractivity contribution in [2.45, 2.75) is 26.3 Å². The molecule has 0 aliphatic carbocycles. The molecule has 0 spiro atoms. The number of methoxy groups -OCH3 is 1. The zero-order chi connectivity index (χ0) is 15.9. The molecule has 0 radical (unpaired) electrons. The van der Waals surface area contributed by atoms with E-state index in [1.165, 1.54) is 12.4 Å². The summed E-state index contributed by atoms with van der Waals surface area (Å²) in [6, 6.07) is 7.60. The molecule has 1 aromatic heterocycles. The first-order valence-corrected chi connectivity index (χ1v) is 7.16. The molecule has 6 heteroatoms. The third kappa shape index (κ3) is 4.18. The van der Waals surface area contributed by atoms with Gasteiger partial charge in [0.05, 0.1) is 19.5 Å². The maximum Gasteiger partial charge on any atom is 0.271 e. The molecule has 1 heterocycles. The summed E-state index contributed by atoms with van der Waals surface area (Å²) in [5.41, 5.74) is 1.14. The van der Waals surface area contributed by atoms with Gasteiger partial charge in [0.15, 0.2) is 0 Å². The first-order chi connectivity index (χ1) is 10.6. The van der Waals surface area contributed by atoms with Gasteiger partial charge in [-0.05, 0) is 25.5 Å². The van der Waals surface area contributed by atoms with Crippen LogP contribution < -0.4 is 15.4 Å². The molecule has 0 saturated carbocycles. The molecule has 0 fully saturated rings. The number of carbonyl (C=O) groups excluding carboxylic acids is 1. The lowest BCUT2D eigenvalue weighted by Crippen LogP contribution is -2.32. The van der Waals surface area contributed by atoms with Crippen LogP contribution in [0.15, 0.2) is 36.7 Å². The molecule has 2 aromatic rings. The molecule has 1 atom stereocenters. The van der Waals surface area contributed by atoms with Crippen molar-refractivity contribution in [3.8, 4) is 5.75 Å². The maximum absolute atomic E-state index is 11.9. The Hall–Kier alpha value is -2.63. The molecule has 2 rings (SSSR count). The number of nitrogens with zero attached hydrogens (tertiary/aromatic N) is 2. The normalized spacial score (nSPS) is 11.6. The molecular formula is C16H20N4O2. The number of nitrogens with one attached hydrogen (secondary N) is 2. The Balaban J connectivity index is 2.03. The lowest BCUT2D eigenvalue weighted by atomic mass is 10.2. The Morgan fingerprint density at radius 1 is 1.32 bits per heavy atom. The van der Waals surface area contributed by atoms with Crippen LogP contribution in [-0.2, 0) is 0 Å². The summed E-state index contributed by atoms with van der Waals surface area (Å²) in [7, 11) is 1.61. The van der Waals surface area contributed by atoms with E-state index in [1.54, 1.807) is 7.11 Å². The third-order valence-electron chi connectivity index (χ3n) is 3.22. The molecule has 0 bridgehead atoms. The third-order valence-corrected chi connectivity index (χ3v) is 3.22. The van der Waals surface area contributed by atoms with Crippen LogP contribution in [0.2, 0.25) is 0 Å². The summed E-state index contributed by atoms with van der Waals surface area (Å²) < 4.78 is 5.16. The Labute approximate surface area is 129 Å². The number of benzene rings is 1. The van der Waals surface area contributed by atoms with Gasteiger partial charge < -0.3 is 15.4 Å². The Morgan fingerprint density at radius 3 is 2.77 bits per heavy atom. The number of aromatic nitrogens is 2. The topological polar surface area (TPSA) is 76.1 Å². The molecule has 2 N–H and O–H groups in total. The van der Waals surface area contributed by atoms with Crippen LogP contribution in [0.4, 0.5) is 11.5 Å². The van der Waals surface area contributed by atoms with Crippen molar-refractivity contribution in [2.75, 3.05) is 12.4 Å². The van der Waals surface area contributed by atoms with Gasteiger partial charge in [-0.25, -0.2) is 9.97 Å². The van der Waals surface area contributed by atoms with Crippen LogP contribution in [0.5, 0.6) is 5.75 Å². The van der Waals surface area contributed by atoms with E-state index in [2.05, 4.69) is 20.6 Å². The predicted molar refractivity (Wildman–Crippen MR) is 85.5 cm³/mol. The Bertz CT molecular complexity index is 628. The van der Waals surface area contributed by atoms with Crippen LogP contribution >= 0.6 is 0 Å². The van der Waals surface area contributed by atoms with E-state index in [0.29, 0.717) is 11.5 Å². The summed E-state index contributed by atoms with van der Waals surface area (Å²) >= 11 is 0. The van der Waals surface area contributed by atoms with Crippen molar-refractivity contribution in [1.82, 2.24) is 15.3 Å². The van der Waals surface area contributed by atoms with Crippen LogP contribution in [0, 0.1) is 0 Å². The number of carbonyl (C=O) groups is 1. The smallest absolute Gasteiger partial charge is 0.271 e. The monoisotopic (exact) mass is 300 g/mol. The molecule has 0 aliphatic rings. The highest BCUT2D eigenvalue weighted by molar-refractivity contribution is 5.92. The number of ether oxygens (including phenoxy) is 1. The largest absolute Gasteiger partial charge is 0.497 e. The summed E-state index contributed by atoms with van der Waals surface area (Å²) in [5, 5.41) is 5.96. The van der Waals surface area contributed by atoms with E-state index < -0.39 is 0 Å². The van der Waals surface area contributed by atoms with E-state index in [0.717, 1.165) is 17.9 Å². The van der Waals surface area contributed by atoms with Crippen molar-refractivity contribution in [3.63, 3.8) is 0 Å². The van der Waals surface area contributed by atoms with Gasteiger partial charge in [0, 0.05) is 17.8 Å². The number of anilines is 2. The standard InChI is InChI=1S/C16H20N4O2/c1-4-11(2)19-16(21)14-9-18-15(10-17-14)20-12-6-5-7-13(8-12)22-3/h5-11H,4H2,1-3H3,(H,18,20)(H,19,21). The lowest BCUT2D eigenvalue weighted by molar-refractivity contribution is 0.0934. The van der Waals surface area contributed by atoms with Crippen LogP contribution in [0.25, 0.3) is 0 Å². The van der Waals surface area contributed by atoms with Gasteiger partial charge in [-0.1, -0.05) is 13.0 Å². The summed E-state index contributed by atoms with van der Waals surface area (Å²) in [6.45, 7) is 3.96. The molecule has 1 amide bonds. The summed E-state index contributed by atoms with van der Waals surface area (Å²) in [4.78, 5) is 20.3. The van der Waals surface area contributed by atoms with E-state index >= 15 is 0 Å². The quantitative estimate of drug-likeness (QED) is 0.858. The van der Waals surface area contributed by atoms with Crippen LogP contribution in [-0.4, -0.2) is 29.0 Å². The van der Waals surface area contributed by atoms with Gasteiger partial charge in [0.2, 0.25) is 0 Å². The van der Waals surface area contributed by atoms with E-state index in [4.69, 9.17) is 4.74 Å². The first kappa shape index (κ1) is 15.8. The van der Waals surface area contributed by atoms with Crippen molar-refractivity contribution < 1.29 is 9.53 Å². The molecular weight excluding hydrogens is 280 g/mol. The van der Waals surface area contributed by atoms with Crippen molar-refractivity contribution >= 4 is 17.4 Å². The Morgan fingerprint density at radius 2 is 2.14 bits per heavy atom. The fourth-order valence-electron chi connectivity index (χ4n) is 1.76. The number of rotatable bonds is 6. The number of hydrogen-bond donors (Lipinski definition) is 2. The minimum absolute atomic E-state index is 0.115. The second kappa shape index (κ2) is 7.40. The number of hydrogen-bond acceptors (Lipinski definition) is 5. The van der Waals surface area contributed by atoms with Gasteiger partial charge >= 0.3 is 0 Å².